The second-order valence-electron chi connectivity index (χ2n) is 4.56. The van der Waals surface area contributed by atoms with Crippen molar-refractivity contribution in [2.24, 2.45) is 0 Å². The van der Waals surface area contributed by atoms with Crippen LogP contribution in [-0.4, -0.2) is 9.97 Å². The molecule has 3 rings (SSSR count). The molecule has 0 fully saturated rings. The number of nitrogens with one attached hydrogen (secondary N) is 1. The summed E-state index contributed by atoms with van der Waals surface area (Å²) in [5.74, 6) is 0.617. The van der Waals surface area contributed by atoms with Gasteiger partial charge in [-0.15, -0.1) is 11.3 Å². The number of H-pyrrole nitrogens is 1. The lowest BCUT2D eigenvalue weighted by Crippen LogP contribution is -2.11. The Labute approximate surface area is 134 Å². The van der Waals surface area contributed by atoms with Crippen LogP contribution >= 0.6 is 27.3 Å². The minimum absolute atomic E-state index is 0.162. The van der Waals surface area contributed by atoms with E-state index in [9.17, 15) is 4.79 Å². The van der Waals surface area contributed by atoms with Crippen molar-refractivity contribution in [3.05, 3.63) is 62.2 Å². The maximum absolute atomic E-state index is 12.1. The molecule has 0 atom stereocenters. The third kappa shape index (κ3) is 2.84. The van der Waals surface area contributed by atoms with Gasteiger partial charge in [-0.25, -0.2) is 4.98 Å². The zero-order valence-electron chi connectivity index (χ0n) is 11.4. The molecule has 5 heteroatoms. The van der Waals surface area contributed by atoms with Crippen molar-refractivity contribution in [3.63, 3.8) is 0 Å². The quantitative estimate of drug-likeness (QED) is 0.747. The molecular weight excluding hydrogens is 348 g/mol. The number of hydrogen-bond acceptors (Lipinski definition) is 3. The van der Waals surface area contributed by atoms with Gasteiger partial charge in [0.15, 0.2) is 5.82 Å². The molecule has 1 aromatic carbocycles. The number of rotatable bonds is 3. The van der Waals surface area contributed by atoms with Crippen LogP contribution in [-0.2, 0) is 6.42 Å². The lowest BCUT2D eigenvalue weighted by atomic mass is 10.1. The zero-order chi connectivity index (χ0) is 14.8. The van der Waals surface area contributed by atoms with Gasteiger partial charge in [-0.3, -0.25) is 4.79 Å². The molecule has 106 valence electrons. The molecule has 1 N–H and O–H groups in total. The molecule has 0 aliphatic rings. The predicted octanol–water partition coefficient (Wildman–Crippen LogP) is 4.49. The van der Waals surface area contributed by atoms with E-state index < -0.39 is 0 Å². The van der Waals surface area contributed by atoms with Crippen molar-refractivity contribution >= 4 is 27.3 Å². The molecule has 0 saturated heterocycles. The van der Waals surface area contributed by atoms with Crippen LogP contribution in [0.25, 0.3) is 22.0 Å². The molecule has 0 bridgehead atoms. The maximum Gasteiger partial charge on any atom is 0.266 e. The van der Waals surface area contributed by atoms with Crippen molar-refractivity contribution in [2.75, 3.05) is 0 Å². The van der Waals surface area contributed by atoms with Crippen LogP contribution in [0.3, 0.4) is 0 Å². The first-order chi connectivity index (χ1) is 10.2. The van der Waals surface area contributed by atoms with Gasteiger partial charge in [0.2, 0.25) is 0 Å². The first-order valence-electron chi connectivity index (χ1n) is 6.63. The lowest BCUT2D eigenvalue weighted by molar-refractivity contribution is 1.12. The fourth-order valence-corrected chi connectivity index (χ4v) is 3.37. The number of thiophene rings is 1. The molecule has 0 saturated carbocycles. The summed E-state index contributed by atoms with van der Waals surface area (Å²) in [5.41, 5.74) is 1.43. The van der Waals surface area contributed by atoms with Crippen molar-refractivity contribution in [3.8, 4) is 22.0 Å². The van der Waals surface area contributed by atoms with Crippen molar-refractivity contribution in [2.45, 2.75) is 13.3 Å². The summed E-state index contributed by atoms with van der Waals surface area (Å²) in [6, 6.07) is 13.8. The summed E-state index contributed by atoms with van der Waals surface area (Å²) in [7, 11) is 0. The number of aromatic nitrogens is 2. The van der Waals surface area contributed by atoms with Gasteiger partial charge in [0.05, 0.1) is 10.6 Å². The Morgan fingerprint density at radius 2 is 1.95 bits per heavy atom. The van der Waals surface area contributed by atoms with E-state index in [1.54, 1.807) is 11.3 Å². The molecule has 3 aromatic rings. The van der Waals surface area contributed by atoms with Gasteiger partial charge in [-0.1, -0.05) is 37.3 Å². The monoisotopic (exact) mass is 360 g/mol. The van der Waals surface area contributed by atoms with Crippen molar-refractivity contribution in [1.82, 2.24) is 9.97 Å². The summed E-state index contributed by atoms with van der Waals surface area (Å²) in [5, 5.41) is 0. The second kappa shape index (κ2) is 5.95. The Morgan fingerprint density at radius 1 is 1.19 bits per heavy atom. The number of benzene rings is 1. The molecule has 3 nitrogen and oxygen atoms in total. The van der Waals surface area contributed by atoms with E-state index in [-0.39, 0.29) is 5.56 Å². The normalized spacial score (nSPS) is 10.8. The van der Waals surface area contributed by atoms with E-state index >= 15 is 0 Å². The Hall–Kier alpha value is -1.72. The number of nitrogens with zero attached hydrogens (tertiary/aromatic N) is 1. The Morgan fingerprint density at radius 3 is 2.62 bits per heavy atom. The standard InChI is InChI=1S/C16H13BrN2OS/c1-2-11-8-9-12(21-11)15-18-14(13(17)16(20)19-15)10-6-4-3-5-7-10/h3-9H,2H2,1H3,(H,18,19,20). The summed E-state index contributed by atoms with van der Waals surface area (Å²) in [4.78, 5) is 21.9. The molecule has 0 unspecified atom stereocenters. The SMILES string of the molecule is CCc1ccc(-c2nc(-c3ccccc3)c(Br)c(=O)[nH]2)s1. The van der Waals surface area contributed by atoms with Crippen LogP contribution in [0.1, 0.15) is 11.8 Å². The van der Waals surface area contributed by atoms with Gasteiger partial charge in [0.1, 0.15) is 4.47 Å². The van der Waals surface area contributed by atoms with E-state index in [2.05, 4.69) is 38.9 Å². The number of halogens is 1. The van der Waals surface area contributed by atoms with Crippen LogP contribution in [0.2, 0.25) is 0 Å². The number of hydrogen-bond donors (Lipinski definition) is 1. The van der Waals surface area contributed by atoms with E-state index in [0.717, 1.165) is 16.9 Å². The van der Waals surface area contributed by atoms with Crippen molar-refractivity contribution in [1.29, 1.82) is 0 Å². The average Bonchev–Trinajstić information content (AvgIpc) is 3.00. The molecule has 0 aliphatic carbocycles. The van der Waals surface area contributed by atoms with Crippen LogP contribution in [0.4, 0.5) is 0 Å². The topological polar surface area (TPSA) is 45.8 Å². The highest BCUT2D eigenvalue weighted by Crippen LogP contribution is 2.29. The second-order valence-corrected chi connectivity index (χ2v) is 6.52. The van der Waals surface area contributed by atoms with Crippen LogP contribution in [0.15, 0.2) is 51.7 Å². The summed E-state index contributed by atoms with van der Waals surface area (Å²) >= 11 is 5.00. The minimum atomic E-state index is -0.162. The molecular formula is C16H13BrN2OS. The highest BCUT2D eigenvalue weighted by Gasteiger charge is 2.13. The number of aromatic amines is 1. The fraction of sp³-hybridized carbons (Fsp3) is 0.125. The van der Waals surface area contributed by atoms with Crippen LogP contribution < -0.4 is 5.56 Å². The summed E-state index contributed by atoms with van der Waals surface area (Å²) in [6.45, 7) is 2.11. The molecule has 0 spiro atoms. The molecule has 0 radical (unpaired) electrons. The third-order valence-electron chi connectivity index (χ3n) is 3.15. The van der Waals surface area contributed by atoms with Crippen LogP contribution in [0, 0.1) is 0 Å². The minimum Gasteiger partial charge on any atom is -0.305 e. The van der Waals surface area contributed by atoms with E-state index in [0.29, 0.717) is 16.0 Å². The van der Waals surface area contributed by atoms with Gasteiger partial charge < -0.3 is 4.98 Å². The molecule has 2 aromatic heterocycles. The zero-order valence-corrected chi connectivity index (χ0v) is 13.8. The highest BCUT2D eigenvalue weighted by molar-refractivity contribution is 9.10. The van der Waals surface area contributed by atoms with E-state index in [1.807, 2.05) is 36.4 Å². The predicted molar refractivity (Wildman–Crippen MR) is 90.7 cm³/mol. The molecule has 0 aliphatic heterocycles. The van der Waals surface area contributed by atoms with Gasteiger partial charge in [0, 0.05) is 10.4 Å². The smallest absolute Gasteiger partial charge is 0.266 e. The lowest BCUT2D eigenvalue weighted by Gasteiger charge is -2.05. The molecule has 2 heterocycles. The maximum atomic E-state index is 12.1. The van der Waals surface area contributed by atoms with Gasteiger partial charge in [-0.2, -0.15) is 0 Å². The van der Waals surface area contributed by atoms with Crippen molar-refractivity contribution < 1.29 is 0 Å². The number of aryl methyl sites for hydroxylation is 1. The first-order valence-corrected chi connectivity index (χ1v) is 8.24. The molecule has 0 amide bonds. The van der Waals surface area contributed by atoms with E-state index in [4.69, 9.17) is 0 Å². The Balaban J connectivity index is 2.16. The largest absolute Gasteiger partial charge is 0.305 e. The van der Waals surface area contributed by atoms with E-state index in [1.165, 1.54) is 4.88 Å². The Bertz CT molecular complexity index is 824. The van der Waals surface area contributed by atoms with Gasteiger partial charge in [0.25, 0.3) is 5.56 Å². The third-order valence-corrected chi connectivity index (χ3v) is 5.13. The summed E-state index contributed by atoms with van der Waals surface area (Å²) in [6.07, 6.45) is 0.983. The highest BCUT2D eigenvalue weighted by atomic mass is 79.9. The summed E-state index contributed by atoms with van der Waals surface area (Å²) < 4.78 is 0.463. The van der Waals surface area contributed by atoms with Gasteiger partial charge >= 0.3 is 0 Å². The fourth-order valence-electron chi connectivity index (χ4n) is 2.06. The average molecular weight is 361 g/mol. The van der Waals surface area contributed by atoms with Crippen LogP contribution in [0.5, 0.6) is 0 Å². The molecule has 21 heavy (non-hydrogen) atoms. The first kappa shape index (κ1) is 14.2. The van der Waals surface area contributed by atoms with Gasteiger partial charge in [-0.05, 0) is 34.5 Å². The Kier molecular flexibility index (Phi) is 4.03.